The highest BCUT2D eigenvalue weighted by molar-refractivity contribution is 7.94. The van der Waals surface area contributed by atoms with Crippen molar-refractivity contribution in [2.75, 3.05) is 10.7 Å². The smallest absolute Gasteiger partial charge is 0.231 e. The third-order valence-corrected chi connectivity index (χ3v) is 5.40. The fraction of sp³-hybridized carbons (Fsp3) is 0.211. The van der Waals surface area contributed by atoms with Crippen LogP contribution in [0, 0.1) is 6.92 Å². The molecule has 0 aliphatic carbocycles. The monoisotopic (exact) mass is 341 g/mol. The van der Waals surface area contributed by atoms with Crippen LogP contribution < -0.4 is 4.90 Å². The summed E-state index contributed by atoms with van der Waals surface area (Å²) < 4.78 is 23.6. The average Bonchev–Trinajstić information content (AvgIpc) is 2.90. The van der Waals surface area contributed by atoms with Crippen molar-refractivity contribution in [2.24, 2.45) is 0 Å². The van der Waals surface area contributed by atoms with Gasteiger partial charge in [-0.15, -0.1) is 0 Å². The molecular formula is C19H19NO3S. The number of benzene rings is 2. The number of hydrogen-bond donors (Lipinski definition) is 0. The molecule has 5 heteroatoms. The van der Waals surface area contributed by atoms with Crippen LogP contribution in [-0.4, -0.2) is 26.1 Å². The maximum atomic E-state index is 12.9. The molecule has 0 N–H and O–H groups in total. The average molecular weight is 341 g/mol. The van der Waals surface area contributed by atoms with E-state index in [0.29, 0.717) is 5.69 Å². The van der Waals surface area contributed by atoms with E-state index in [1.54, 1.807) is 11.0 Å². The van der Waals surface area contributed by atoms with E-state index in [1.807, 2.05) is 61.5 Å². The third kappa shape index (κ3) is 3.74. The molecule has 2 aromatic rings. The van der Waals surface area contributed by atoms with Crippen LogP contribution in [0.4, 0.5) is 5.69 Å². The highest BCUT2D eigenvalue weighted by atomic mass is 32.2. The van der Waals surface area contributed by atoms with E-state index < -0.39 is 15.9 Å². The van der Waals surface area contributed by atoms with Crippen molar-refractivity contribution < 1.29 is 13.2 Å². The van der Waals surface area contributed by atoms with Crippen LogP contribution in [0.3, 0.4) is 0 Å². The summed E-state index contributed by atoms with van der Waals surface area (Å²) in [4.78, 5) is 14.5. The number of nitrogens with zero attached hydrogens (tertiary/aromatic N) is 1. The van der Waals surface area contributed by atoms with Crippen LogP contribution in [0.25, 0.3) is 0 Å². The molecule has 0 radical (unpaired) electrons. The van der Waals surface area contributed by atoms with Crippen LogP contribution in [-0.2, 0) is 21.1 Å². The standard InChI is InChI=1S/C19H19NO3S/c1-15-7-9-17(10-8-15)20(18-11-12-24(22,23)14-18)19(21)13-16-5-3-2-4-6-16/h2-12,18H,13-14H2,1H3/t18-/m0/s1. The van der Waals surface area contributed by atoms with Crippen LogP contribution in [0.1, 0.15) is 11.1 Å². The summed E-state index contributed by atoms with van der Waals surface area (Å²) in [5, 5.41) is 1.20. The highest BCUT2D eigenvalue weighted by Crippen LogP contribution is 2.24. The molecular weight excluding hydrogens is 322 g/mol. The Balaban J connectivity index is 1.91. The fourth-order valence-corrected chi connectivity index (χ4v) is 4.07. The predicted molar refractivity (Wildman–Crippen MR) is 95.5 cm³/mol. The van der Waals surface area contributed by atoms with Gasteiger partial charge in [0.15, 0.2) is 9.84 Å². The summed E-state index contributed by atoms with van der Waals surface area (Å²) in [7, 11) is -3.24. The molecule has 2 aromatic carbocycles. The van der Waals surface area contributed by atoms with Gasteiger partial charge in [0.2, 0.25) is 5.91 Å². The van der Waals surface area contributed by atoms with Crippen molar-refractivity contribution in [2.45, 2.75) is 19.4 Å². The first kappa shape index (κ1) is 16.5. The molecule has 0 unspecified atom stereocenters. The van der Waals surface area contributed by atoms with Crippen molar-refractivity contribution in [3.63, 3.8) is 0 Å². The summed E-state index contributed by atoms with van der Waals surface area (Å²) >= 11 is 0. The van der Waals surface area contributed by atoms with Gasteiger partial charge < -0.3 is 4.90 Å². The molecule has 1 aliphatic rings. The summed E-state index contributed by atoms with van der Waals surface area (Å²) in [5.41, 5.74) is 2.71. The molecule has 0 bridgehead atoms. The lowest BCUT2D eigenvalue weighted by Crippen LogP contribution is -2.42. The fourth-order valence-electron chi connectivity index (χ4n) is 2.80. The minimum absolute atomic E-state index is 0.0680. The highest BCUT2D eigenvalue weighted by Gasteiger charge is 2.31. The number of anilines is 1. The van der Waals surface area contributed by atoms with Gasteiger partial charge in [-0.25, -0.2) is 8.42 Å². The van der Waals surface area contributed by atoms with E-state index in [0.717, 1.165) is 11.1 Å². The molecule has 24 heavy (non-hydrogen) atoms. The summed E-state index contributed by atoms with van der Waals surface area (Å²) in [6, 6.07) is 16.6. The maximum absolute atomic E-state index is 12.9. The van der Waals surface area contributed by atoms with Crippen molar-refractivity contribution in [3.8, 4) is 0 Å². The normalized spacial score (nSPS) is 18.5. The number of hydrogen-bond acceptors (Lipinski definition) is 3. The first-order valence-electron chi connectivity index (χ1n) is 7.78. The van der Waals surface area contributed by atoms with Gasteiger partial charge in [0, 0.05) is 11.1 Å². The Labute approximate surface area is 142 Å². The number of aryl methyl sites for hydroxylation is 1. The van der Waals surface area contributed by atoms with Crippen molar-refractivity contribution in [3.05, 3.63) is 77.2 Å². The van der Waals surface area contributed by atoms with Crippen molar-refractivity contribution >= 4 is 21.4 Å². The number of sulfone groups is 1. The molecule has 0 spiro atoms. The van der Waals surface area contributed by atoms with Crippen LogP contribution in [0.5, 0.6) is 0 Å². The zero-order chi connectivity index (χ0) is 17.2. The van der Waals surface area contributed by atoms with Gasteiger partial charge in [-0.05, 0) is 30.7 Å². The van der Waals surface area contributed by atoms with E-state index in [4.69, 9.17) is 0 Å². The molecule has 1 atom stereocenters. The Morgan fingerprint density at radius 2 is 1.75 bits per heavy atom. The second-order valence-electron chi connectivity index (χ2n) is 5.99. The van der Waals surface area contributed by atoms with Gasteiger partial charge in [0.25, 0.3) is 0 Å². The molecule has 1 aliphatic heterocycles. The molecule has 4 nitrogen and oxygen atoms in total. The number of carbonyl (C=O) groups is 1. The Kier molecular flexibility index (Phi) is 4.53. The van der Waals surface area contributed by atoms with Gasteiger partial charge in [-0.2, -0.15) is 0 Å². The van der Waals surface area contributed by atoms with Gasteiger partial charge in [0.1, 0.15) is 0 Å². The molecule has 124 valence electrons. The van der Waals surface area contributed by atoms with E-state index in [9.17, 15) is 13.2 Å². The molecule has 0 aromatic heterocycles. The largest absolute Gasteiger partial charge is 0.304 e. The predicted octanol–water partition coefficient (Wildman–Crippen LogP) is 2.88. The second kappa shape index (κ2) is 6.61. The van der Waals surface area contributed by atoms with Crippen molar-refractivity contribution in [1.29, 1.82) is 0 Å². The zero-order valence-electron chi connectivity index (χ0n) is 13.4. The van der Waals surface area contributed by atoms with E-state index in [1.165, 1.54) is 5.41 Å². The van der Waals surface area contributed by atoms with Gasteiger partial charge in [-0.1, -0.05) is 48.0 Å². The lowest BCUT2D eigenvalue weighted by atomic mass is 10.1. The number of carbonyl (C=O) groups excluding carboxylic acids is 1. The zero-order valence-corrected chi connectivity index (χ0v) is 14.2. The quantitative estimate of drug-likeness (QED) is 0.859. The van der Waals surface area contributed by atoms with Gasteiger partial charge in [0.05, 0.1) is 18.2 Å². The Morgan fingerprint density at radius 1 is 1.08 bits per heavy atom. The molecule has 0 fully saturated rings. The van der Waals surface area contributed by atoms with Crippen LogP contribution in [0.2, 0.25) is 0 Å². The number of rotatable bonds is 4. The summed E-state index contributed by atoms with van der Waals surface area (Å²) in [5.74, 6) is -0.182. The van der Waals surface area contributed by atoms with E-state index >= 15 is 0 Å². The third-order valence-electron chi connectivity index (χ3n) is 4.02. The topological polar surface area (TPSA) is 54.5 Å². The van der Waals surface area contributed by atoms with E-state index in [2.05, 4.69) is 0 Å². The van der Waals surface area contributed by atoms with Gasteiger partial charge in [-0.3, -0.25) is 4.79 Å². The van der Waals surface area contributed by atoms with Crippen molar-refractivity contribution in [1.82, 2.24) is 0 Å². The minimum Gasteiger partial charge on any atom is -0.304 e. The first-order chi connectivity index (χ1) is 11.4. The van der Waals surface area contributed by atoms with E-state index in [-0.39, 0.29) is 18.1 Å². The lowest BCUT2D eigenvalue weighted by molar-refractivity contribution is -0.118. The second-order valence-corrected chi connectivity index (χ2v) is 7.92. The molecule has 1 amide bonds. The number of amides is 1. The Bertz CT molecular complexity index is 855. The SMILES string of the molecule is Cc1ccc(N(C(=O)Cc2ccccc2)[C@H]2C=CS(=O)(=O)C2)cc1. The first-order valence-corrected chi connectivity index (χ1v) is 9.50. The molecule has 0 saturated heterocycles. The molecule has 1 heterocycles. The Hall–Kier alpha value is -2.40. The molecule has 3 rings (SSSR count). The Morgan fingerprint density at radius 3 is 2.33 bits per heavy atom. The molecule has 0 saturated carbocycles. The van der Waals surface area contributed by atoms with Gasteiger partial charge >= 0.3 is 0 Å². The lowest BCUT2D eigenvalue weighted by Gasteiger charge is -2.28. The van der Waals surface area contributed by atoms with Crippen LogP contribution in [0.15, 0.2) is 66.1 Å². The maximum Gasteiger partial charge on any atom is 0.231 e. The minimum atomic E-state index is -3.24. The summed E-state index contributed by atoms with van der Waals surface area (Å²) in [6.45, 7) is 1.97. The summed E-state index contributed by atoms with van der Waals surface area (Å²) in [6.07, 6.45) is 1.83. The van der Waals surface area contributed by atoms with Crippen LogP contribution >= 0.6 is 0 Å².